The lowest BCUT2D eigenvalue weighted by atomic mass is 10.3. The van der Waals surface area contributed by atoms with Gasteiger partial charge in [-0.05, 0) is 12.1 Å². The summed E-state index contributed by atoms with van der Waals surface area (Å²) in [6.07, 6.45) is 0. The van der Waals surface area contributed by atoms with Crippen LogP contribution in [-0.4, -0.2) is 9.78 Å². The number of para-hydroxylation sites is 1. The summed E-state index contributed by atoms with van der Waals surface area (Å²) in [4.78, 5) is 0. The monoisotopic (exact) mass is 208 g/mol. The van der Waals surface area contributed by atoms with E-state index < -0.39 is 0 Å². The van der Waals surface area contributed by atoms with Gasteiger partial charge in [0, 0.05) is 0 Å². The first-order valence-corrected chi connectivity index (χ1v) is 4.43. The fraction of sp³-hybridized carbons (Fsp3) is 0. The number of rotatable bonds is 1. The molecular weight excluding hydrogens is 200 g/mol. The number of nitrogens with zero attached hydrogens (tertiary/aromatic N) is 2. The summed E-state index contributed by atoms with van der Waals surface area (Å²) in [5, 5.41) is 4.24. The van der Waals surface area contributed by atoms with Crippen LogP contribution >= 0.6 is 11.6 Å². The van der Waals surface area contributed by atoms with E-state index in [4.69, 9.17) is 23.1 Å². The van der Waals surface area contributed by atoms with E-state index in [1.807, 2.05) is 30.3 Å². The fourth-order valence-electron chi connectivity index (χ4n) is 1.18. The molecule has 0 saturated heterocycles. The molecule has 4 nitrogen and oxygen atoms in total. The van der Waals surface area contributed by atoms with E-state index >= 15 is 0 Å². The highest BCUT2D eigenvalue weighted by atomic mass is 35.5. The van der Waals surface area contributed by atoms with Crippen LogP contribution in [0.2, 0.25) is 5.15 Å². The highest BCUT2D eigenvalue weighted by Gasteiger charge is 2.11. The first kappa shape index (κ1) is 8.90. The van der Waals surface area contributed by atoms with Crippen LogP contribution in [0.1, 0.15) is 0 Å². The molecule has 0 saturated carbocycles. The van der Waals surface area contributed by atoms with Crippen LogP contribution in [0, 0.1) is 0 Å². The Morgan fingerprint density at radius 1 is 1.14 bits per heavy atom. The van der Waals surface area contributed by atoms with Crippen molar-refractivity contribution in [3.63, 3.8) is 0 Å². The molecule has 0 radical (unpaired) electrons. The van der Waals surface area contributed by atoms with Crippen molar-refractivity contribution in [2.24, 2.45) is 0 Å². The molecule has 4 N–H and O–H groups in total. The Labute approximate surface area is 86.1 Å². The van der Waals surface area contributed by atoms with Crippen LogP contribution in [0.15, 0.2) is 30.3 Å². The molecule has 0 amide bonds. The molecule has 0 atom stereocenters. The van der Waals surface area contributed by atoms with Gasteiger partial charge in [-0.2, -0.15) is 5.10 Å². The Bertz CT molecular complexity index is 449. The second-order valence-electron chi connectivity index (χ2n) is 2.84. The highest BCUT2D eigenvalue weighted by molar-refractivity contribution is 6.32. The van der Waals surface area contributed by atoms with E-state index in [1.165, 1.54) is 4.68 Å². The summed E-state index contributed by atoms with van der Waals surface area (Å²) < 4.78 is 1.51. The average Bonchev–Trinajstić information content (AvgIpc) is 2.47. The standard InChI is InChI=1S/C9H9ClN4/c10-8-7(11)9(12)14(13-8)6-4-2-1-3-5-6/h1-5H,11-12H2. The van der Waals surface area contributed by atoms with Crippen LogP contribution in [0.4, 0.5) is 11.5 Å². The van der Waals surface area contributed by atoms with Crippen LogP contribution in [0.5, 0.6) is 0 Å². The molecule has 0 aliphatic heterocycles. The maximum absolute atomic E-state index is 5.75. The van der Waals surface area contributed by atoms with E-state index in [-0.39, 0.29) is 5.15 Å². The molecule has 0 aliphatic rings. The molecule has 5 heteroatoms. The zero-order valence-electron chi connectivity index (χ0n) is 7.31. The molecule has 1 aromatic heterocycles. The second-order valence-corrected chi connectivity index (χ2v) is 3.20. The molecule has 1 heterocycles. The van der Waals surface area contributed by atoms with E-state index in [9.17, 15) is 0 Å². The fourth-order valence-corrected chi connectivity index (χ4v) is 1.35. The van der Waals surface area contributed by atoms with Gasteiger partial charge in [-0.1, -0.05) is 29.8 Å². The predicted octanol–water partition coefficient (Wildman–Crippen LogP) is 1.69. The molecule has 1 aromatic carbocycles. The first-order valence-electron chi connectivity index (χ1n) is 4.05. The molecule has 72 valence electrons. The van der Waals surface area contributed by atoms with Gasteiger partial charge >= 0.3 is 0 Å². The number of aromatic nitrogens is 2. The van der Waals surface area contributed by atoms with E-state index in [0.29, 0.717) is 11.5 Å². The lowest BCUT2D eigenvalue weighted by molar-refractivity contribution is 0.892. The van der Waals surface area contributed by atoms with Gasteiger partial charge in [-0.15, -0.1) is 0 Å². The number of hydrogen-bond donors (Lipinski definition) is 2. The SMILES string of the molecule is Nc1c(Cl)nn(-c2ccccc2)c1N. The Balaban J connectivity index is 2.58. The first-order chi connectivity index (χ1) is 6.70. The molecule has 0 fully saturated rings. The molecule has 0 bridgehead atoms. The van der Waals surface area contributed by atoms with Gasteiger partial charge in [-0.3, -0.25) is 0 Å². The lowest BCUT2D eigenvalue weighted by Gasteiger charge is -2.02. The summed E-state index contributed by atoms with van der Waals surface area (Å²) in [7, 11) is 0. The second kappa shape index (κ2) is 3.23. The summed E-state index contributed by atoms with van der Waals surface area (Å²) in [5.41, 5.74) is 12.5. The smallest absolute Gasteiger partial charge is 0.176 e. The van der Waals surface area contributed by atoms with Crippen LogP contribution in [-0.2, 0) is 0 Å². The summed E-state index contributed by atoms with van der Waals surface area (Å²) in [6, 6.07) is 9.44. The molecule has 0 aliphatic carbocycles. The topological polar surface area (TPSA) is 69.9 Å². The van der Waals surface area contributed by atoms with Crippen molar-refractivity contribution < 1.29 is 0 Å². The molecule has 14 heavy (non-hydrogen) atoms. The number of nitrogens with two attached hydrogens (primary N) is 2. The number of nitrogen functional groups attached to an aromatic ring is 2. The maximum Gasteiger partial charge on any atom is 0.176 e. The lowest BCUT2D eigenvalue weighted by Crippen LogP contribution is -2.02. The van der Waals surface area contributed by atoms with Crippen LogP contribution < -0.4 is 11.5 Å². The minimum absolute atomic E-state index is 0.228. The van der Waals surface area contributed by atoms with Crippen molar-refractivity contribution in [3.05, 3.63) is 35.5 Å². The Hall–Kier alpha value is -1.68. The minimum Gasteiger partial charge on any atom is -0.393 e. The summed E-state index contributed by atoms with van der Waals surface area (Å²) in [5.74, 6) is 0.362. The Morgan fingerprint density at radius 2 is 1.79 bits per heavy atom. The largest absolute Gasteiger partial charge is 0.393 e. The van der Waals surface area contributed by atoms with Gasteiger partial charge in [0.25, 0.3) is 0 Å². The molecule has 0 spiro atoms. The third kappa shape index (κ3) is 1.29. The third-order valence-corrected chi connectivity index (χ3v) is 2.19. The van der Waals surface area contributed by atoms with E-state index in [1.54, 1.807) is 0 Å². The number of benzene rings is 1. The number of halogens is 1. The normalized spacial score (nSPS) is 10.4. The van der Waals surface area contributed by atoms with E-state index in [0.717, 1.165) is 5.69 Å². The van der Waals surface area contributed by atoms with Gasteiger partial charge < -0.3 is 11.5 Å². The Morgan fingerprint density at radius 3 is 2.29 bits per heavy atom. The van der Waals surface area contributed by atoms with Crippen molar-refractivity contribution in [2.45, 2.75) is 0 Å². The van der Waals surface area contributed by atoms with Gasteiger partial charge in [0.05, 0.1) is 5.69 Å². The van der Waals surface area contributed by atoms with Crippen molar-refractivity contribution >= 4 is 23.1 Å². The van der Waals surface area contributed by atoms with Gasteiger partial charge in [0.2, 0.25) is 0 Å². The van der Waals surface area contributed by atoms with Crippen molar-refractivity contribution in [3.8, 4) is 5.69 Å². The minimum atomic E-state index is 0.228. The Kier molecular flexibility index (Phi) is 2.05. The zero-order valence-corrected chi connectivity index (χ0v) is 8.07. The number of anilines is 2. The maximum atomic E-state index is 5.75. The third-order valence-electron chi connectivity index (χ3n) is 1.91. The van der Waals surface area contributed by atoms with Gasteiger partial charge in [0.1, 0.15) is 5.69 Å². The molecule has 2 aromatic rings. The quantitative estimate of drug-likeness (QED) is 0.749. The molecule has 2 rings (SSSR count). The van der Waals surface area contributed by atoms with Crippen molar-refractivity contribution in [1.29, 1.82) is 0 Å². The number of hydrogen-bond acceptors (Lipinski definition) is 3. The molecule has 0 unspecified atom stereocenters. The van der Waals surface area contributed by atoms with E-state index in [2.05, 4.69) is 5.10 Å². The van der Waals surface area contributed by atoms with Crippen molar-refractivity contribution in [2.75, 3.05) is 11.5 Å². The summed E-state index contributed by atoms with van der Waals surface area (Å²) >= 11 is 5.75. The van der Waals surface area contributed by atoms with Crippen LogP contribution in [0.3, 0.4) is 0 Å². The average molecular weight is 209 g/mol. The zero-order chi connectivity index (χ0) is 10.1. The van der Waals surface area contributed by atoms with Gasteiger partial charge in [0.15, 0.2) is 11.0 Å². The predicted molar refractivity (Wildman–Crippen MR) is 57.4 cm³/mol. The molecular formula is C9H9ClN4. The van der Waals surface area contributed by atoms with Gasteiger partial charge in [-0.25, -0.2) is 4.68 Å². The van der Waals surface area contributed by atoms with Crippen molar-refractivity contribution in [1.82, 2.24) is 9.78 Å². The highest BCUT2D eigenvalue weighted by Crippen LogP contribution is 2.26. The summed E-state index contributed by atoms with van der Waals surface area (Å²) in [6.45, 7) is 0. The van der Waals surface area contributed by atoms with Crippen LogP contribution in [0.25, 0.3) is 5.69 Å².